The van der Waals surface area contributed by atoms with E-state index in [4.69, 9.17) is 5.26 Å². The maximum absolute atomic E-state index is 8.38. The molecule has 66 valence electrons. The first-order chi connectivity index (χ1) is 5.84. The average molecular weight is 163 g/mol. The lowest BCUT2D eigenvalue weighted by Gasteiger charge is -2.10. The fraction of sp³-hybridized carbons (Fsp3) is 0.727. The number of nitriles is 1. The summed E-state index contributed by atoms with van der Waals surface area (Å²) in [4.78, 5) is 0. The SMILES string of the molecule is CC(CCCC#N)C1=CCCC1. The minimum absolute atomic E-state index is 0.720. The number of allylic oxidation sites excluding steroid dienone is 2. The standard InChI is InChI=1S/C11H17N/c1-10(6-4-5-9-12)11-7-2-3-8-11/h7,10H,2-6,8H2,1H3. The van der Waals surface area contributed by atoms with Crippen molar-refractivity contribution in [3.63, 3.8) is 0 Å². The highest BCUT2D eigenvalue weighted by Gasteiger charge is 2.11. The van der Waals surface area contributed by atoms with Crippen LogP contribution in [-0.4, -0.2) is 0 Å². The summed E-state index contributed by atoms with van der Waals surface area (Å²) in [5.74, 6) is 0.723. The van der Waals surface area contributed by atoms with Crippen LogP contribution < -0.4 is 0 Å². The van der Waals surface area contributed by atoms with E-state index in [2.05, 4.69) is 19.1 Å². The Hall–Kier alpha value is -0.770. The Morgan fingerprint density at radius 1 is 1.67 bits per heavy atom. The molecule has 1 heteroatoms. The van der Waals surface area contributed by atoms with E-state index in [1.54, 1.807) is 5.57 Å². The van der Waals surface area contributed by atoms with Crippen LogP contribution in [0.1, 0.15) is 45.4 Å². The molecule has 12 heavy (non-hydrogen) atoms. The number of hydrogen-bond donors (Lipinski definition) is 0. The van der Waals surface area contributed by atoms with E-state index in [1.807, 2.05) is 0 Å². The Morgan fingerprint density at radius 3 is 3.08 bits per heavy atom. The number of rotatable bonds is 4. The third-order valence-corrected chi connectivity index (χ3v) is 2.63. The van der Waals surface area contributed by atoms with Crippen molar-refractivity contribution in [1.29, 1.82) is 5.26 Å². The Kier molecular flexibility index (Phi) is 3.87. The Morgan fingerprint density at radius 2 is 2.50 bits per heavy atom. The minimum atomic E-state index is 0.720. The molecular weight excluding hydrogens is 146 g/mol. The van der Waals surface area contributed by atoms with E-state index in [0.717, 1.165) is 18.8 Å². The summed E-state index contributed by atoms with van der Waals surface area (Å²) >= 11 is 0. The van der Waals surface area contributed by atoms with Gasteiger partial charge in [-0.3, -0.25) is 0 Å². The predicted molar refractivity (Wildman–Crippen MR) is 50.6 cm³/mol. The van der Waals surface area contributed by atoms with E-state index in [1.165, 1.54) is 25.7 Å². The van der Waals surface area contributed by atoms with E-state index in [9.17, 15) is 0 Å². The van der Waals surface area contributed by atoms with Crippen molar-refractivity contribution in [3.8, 4) is 6.07 Å². The van der Waals surface area contributed by atoms with Gasteiger partial charge >= 0.3 is 0 Å². The van der Waals surface area contributed by atoms with Crippen LogP contribution in [-0.2, 0) is 0 Å². The second kappa shape index (κ2) is 4.98. The normalized spacial score (nSPS) is 18.5. The van der Waals surface area contributed by atoms with E-state index >= 15 is 0 Å². The molecule has 0 saturated heterocycles. The zero-order valence-corrected chi connectivity index (χ0v) is 7.84. The molecule has 0 radical (unpaired) electrons. The lowest BCUT2D eigenvalue weighted by molar-refractivity contribution is 0.572. The highest BCUT2D eigenvalue weighted by atomic mass is 14.2. The fourth-order valence-corrected chi connectivity index (χ4v) is 1.82. The van der Waals surface area contributed by atoms with Crippen molar-refractivity contribution in [2.75, 3.05) is 0 Å². The number of unbranched alkanes of at least 4 members (excludes halogenated alkanes) is 1. The van der Waals surface area contributed by atoms with Gasteiger partial charge in [0.05, 0.1) is 6.07 Å². The summed E-state index contributed by atoms with van der Waals surface area (Å²) in [5, 5.41) is 8.38. The molecular formula is C11H17N. The number of nitrogens with zero attached hydrogens (tertiary/aromatic N) is 1. The minimum Gasteiger partial charge on any atom is -0.198 e. The van der Waals surface area contributed by atoms with Crippen molar-refractivity contribution in [2.45, 2.75) is 45.4 Å². The second-order valence-electron chi connectivity index (χ2n) is 3.62. The number of hydrogen-bond acceptors (Lipinski definition) is 1. The van der Waals surface area contributed by atoms with Gasteiger partial charge in [-0.15, -0.1) is 0 Å². The lowest BCUT2D eigenvalue weighted by atomic mass is 9.95. The third-order valence-electron chi connectivity index (χ3n) is 2.63. The van der Waals surface area contributed by atoms with E-state index in [0.29, 0.717) is 0 Å². The molecule has 0 saturated carbocycles. The summed E-state index contributed by atoms with van der Waals surface area (Å²) in [7, 11) is 0. The Bertz CT molecular complexity index is 198. The maximum Gasteiger partial charge on any atom is 0.0621 e. The molecule has 0 spiro atoms. The summed E-state index contributed by atoms with van der Waals surface area (Å²) in [5.41, 5.74) is 1.63. The smallest absolute Gasteiger partial charge is 0.0621 e. The van der Waals surface area contributed by atoms with Gasteiger partial charge in [0.1, 0.15) is 0 Å². The van der Waals surface area contributed by atoms with Crippen molar-refractivity contribution in [3.05, 3.63) is 11.6 Å². The monoisotopic (exact) mass is 163 g/mol. The third kappa shape index (κ3) is 2.70. The first-order valence-electron chi connectivity index (χ1n) is 4.90. The molecule has 1 rings (SSSR count). The molecule has 1 unspecified atom stereocenters. The topological polar surface area (TPSA) is 23.8 Å². The lowest BCUT2D eigenvalue weighted by Crippen LogP contribution is -1.96. The fourth-order valence-electron chi connectivity index (χ4n) is 1.82. The Balaban J connectivity index is 2.19. The highest BCUT2D eigenvalue weighted by molar-refractivity contribution is 5.10. The Labute approximate surface area is 75.1 Å². The van der Waals surface area contributed by atoms with Gasteiger partial charge in [-0.1, -0.05) is 18.6 Å². The molecule has 0 N–H and O–H groups in total. The van der Waals surface area contributed by atoms with Crippen molar-refractivity contribution < 1.29 is 0 Å². The van der Waals surface area contributed by atoms with Crippen molar-refractivity contribution in [1.82, 2.24) is 0 Å². The molecule has 0 aromatic rings. The van der Waals surface area contributed by atoms with Crippen LogP contribution >= 0.6 is 0 Å². The van der Waals surface area contributed by atoms with Crippen LogP contribution in [0.3, 0.4) is 0 Å². The van der Waals surface area contributed by atoms with Gasteiger partial charge in [-0.25, -0.2) is 0 Å². The van der Waals surface area contributed by atoms with Crippen LogP contribution in [0, 0.1) is 17.2 Å². The molecule has 0 aromatic carbocycles. The summed E-state index contributed by atoms with van der Waals surface area (Å²) in [6.07, 6.45) is 9.28. The van der Waals surface area contributed by atoms with Crippen LogP contribution in [0.15, 0.2) is 11.6 Å². The van der Waals surface area contributed by atoms with Crippen molar-refractivity contribution >= 4 is 0 Å². The summed E-state index contributed by atoms with van der Waals surface area (Å²) in [6.45, 7) is 2.29. The van der Waals surface area contributed by atoms with Crippen LogP contribution in [0.2, 0.25) is 0 Å². The molecule has 1 nitrogen and oxygen atoms in total. The molecule has 1 aliphatic rings. The molecule has 0 bridgehead atoms. The maximum atomic E-state index is 8.38. The molecule has 1 aliphatic carbocycles. The predicted octanol–water partition coefficient (Wildman–Crippen LogP) is 3.43. The van der Waals surface area contributed by atoms with Crippen LogP contribution in [0.25, 0.3) is 0 Å². The first-order valence-corrected chi connectivity index (χ1v) is 4.90. The quantitative estimate of drug-likeness (QED) is 0.460. The summed E-state index contributed by atoms with van der Waals surface area (Å²) < 4.78 is 0. The van der Waals surface area contributed by atoms with Gasteiger partial charge in [0.2, 0.25) is 0 Å². The van der Waals surface area contributed by atoms with E-state index in [-0.39, 0.29) is 0 Å². The average Bonchev–Trinajstić information content (AvgIpc) is 2.56. The van der Waals surface area contributed by atoms with Gasteiger partial charge in [-0.05, 0) is 38.0 Å². The zero-order valence-electron chi connectivity index (χ0n) is 7.84. The molecule has 0 aromatic heterocycles. The molecule has 0 amide bonds. The largest absolute Gasteiger partial charge is 0.198 e. The molecule has 0 fully saturated rings. The summed E-state index contributed by atoms with van der Waals surface area (Å²) in [6, 6.07) is 2.19. The van der Waals surface area contributed by atoms with Gasteiger partial charge < -0.3 is 0 Å². The van der Waals surface area contributed by atoms with Gasteiger partial charge in [0, 0.05) is 6.42 Å². The van der Waals surface area contributed by atoms with Crippen LogP contribution in [0.5, 0.6) is 0 Å². The molecule has 0 aliphatic heterocycles. The highest BCUT2D eigenvalue weighted by Crippen LogP contribution is 2.27. The molecule has 1 atom stereocenters. The van der Waals surface area contributed by atoms with Crippen molar-refractivity contribution in [2.24, 2.45) is 5.92 Å². The van der Waals surface area contributed by atoms with Gasteiger partial charge in [-0.2, -0.15) is 5.26 Å². The zero-order chi connectivity index (χ0) is 8.81. The van der Waals surface area contributed by atoms with E-state index < -0.39 is 0 Å². The van der Waals surface area contributed by atoms with Gasteiger partial charge in [0.25, 0.3) is 0 Å². The van der Waals surface area contributed by atoms with Gasteiger partial charge in [0.15, 0.2) is 0 Å². The first kappa shape index (κ1) is 9.32. The van der Waals surface area contributed by atoms with Crippen LogP contribution in [0.4, 0.5) is 0 Å². The second-order valence-corrected chi connectivity index (χ2v) is 3.62. The molecule has 0 heterocycles.